The molecule has 1 heterocycles. The highest BCUT2D eigenvalue weighted by atomic mass is 19.1. The van der Waals surface area contributed by atoms with Gasteiger partial charge in [0.1, 0.15) is 11.6 Å². The summed E-state index contributed by atoms with van der Waals surface area (Å²) in [5.74, 6) is -0.495. The van der Waals surface area contributed by atoms with Crippen LogP contribution in [0.4, 0.5) is 8.78 Å². The zero-order chi connectivity index (χ0) is 20.1. The van der Waals surface area contributed by atoms with Crippen molar-refractivity contribution < 1.29 is 8.78 Å². The van der Waals surface area contributed by atoms with Crippen molar-refractivity contribution in [1.29, 1.82) is 0 Å². The van der Waals surface area contributed by atoms with E-state index in [1.54, 1.807) is 0 Å². The molecule has 0 spiro atoms. The largest absolute Gasteiger partial charge is 0.375 e. The first kappa shape index (κ1) is 19.3. The Bertz CT molecular complexity index is 883. The molecule has 0 aromatic heterocycles. The van der Waals surface area contributed by atoms with Crippen molar-refractivity contribution in [3.05, 3.63) is 113 Å². The van der Waals surface area contributed by atoms with Gasteiger partial charge in [0.25, 0.3) is 0 Å². The van der Waals surface area contributed by atoms with Gasteiger partial charge in [-0.2, -0.15) is 0 Å². The standard InChI is InChI=1S/C25H24F2N2/c26-23-10-6-21(7-11-23)25(22-8-12-24(27)13-9-22)29-18-16-28(17-19-29)15-14-20-4-2-1-3-5-20/h1-15,25H,16-19H2/b15-14+. The molecule has 4 heteroatoms. The van der Waals surface area contributed by atoms with Crippen molar-refractivity contribution in [2.45, 2.75) is 6.04 Å². The Morgan fingerprint density at radius 2 is 1.17 bits per heavy atom. The van der Waals surface area contributed by atoms with E-state index in [1.165, 1.54) is 29.8 Å². The molecule has 148 valence electrons. The highest BCUT2D eigenvalue weighted by Crippen LogP contribution is 2.30. The minimum absolute atomic E-state index is 0.0172. The van der Waals surface area contributed by atoms with Crippen LogP contribution < -0.4 is 0 Å². The van der Waals surface area contributed by atoms with Gasteiger partial charge in [-0.05, 0) is 53.2 Å². The molecule has 0 saturated carbocycles. The van der Waals surface area contributed by atoms with Crippen LogP contribution in [0, 0.1) is 11.6 Å². The average Bonchev–Trinajstić information content (AvgIpc) is 2.77. The average molecular weight is 390 g/mol. The number of piperazine rings is 1. The number of halogens is 2. The molecule has 1 aliphatic rings. The van der Waals surface area contributed by atoms with Crippen molar-refractivity contribution in [3.63, 3.8) is 0 Å². The van der Waals surface area contributed by atoms with Crippen LogP contribution in [0.3, 0.4) is 0 Å². The molecule has 0 amide bonds. The fourth-order valence-corrected chi connectivity index (χ4v) is 3.80. The van der Waals surface area contributed by atoms with E-state index in [-0.39, 0.29) is 17.7 Å². The third-order valence-corrected chi connectivity index (χ3v) is 5.36. The highest BCUT2D eigenvalue weighted by Gasteiger charge is 2.25. The van der Waals surface area contributed by atoms with Crippen LogP contribution >= 0.6 is 0 Å². The van der Waals surface area contributed by atoms with E-state index in [2.05, 4.69) is 34.2 Å². The minimum atomic E-state index is -0.248. The summed E-state index contributed by atoms with van der Waals surface area (Å²) in [5, 5.41) is 0. The molecule has 0 aliphatic carbocycles. The van der Waals surface area contributed by atoms with Crippen LogP contribution in [0.15, 0.2) is 85.1 Å². The summed E-state index contributed by atoms with van der Waals surface area (Å²) in [6.07, 6.45) is 4.28. The lowest BCUT2D eigenvalue weighted by Gasteiger charge is -2.39. The summed E-state index contributed by atoms with van der Waals surface area (Å²) in [5.41, 5.74) is 3.23. The first-order chi connectivity index (χ1) is 14.2. The quantitative estimate of drug-likeness (QED) is 0.580. The van der Waals surface area contributed by atoms with Crippen LogP contribution in [0.1, 0.15) is 22.7 Å². The Morgan fingerprint density at radius 3 is 1.69 bits per heavy atom. The van der Waals surface area contributed by atoms with Crippen molar-refractivity contribution in [2.75, 3.05) is 26.2 Å². The van der Waals surface area contributed by atoms with Gasteiger partial charge in [-0.15, -0.1) is 0 Å². The molecule has 3 aromatic rings. The molecule has 0 bridgehead atoms. The third-order valence-electron chi connectivity index (χ3n) is 5.36. The van der Waals surface area contributed by atoms with E-state index in [9.17, 15) is 8.78 Å². The maximum absolute atomic E-state index is 13.4. The molecule has 0 N–H and O–H groups in total. The second-order valence-electron chi connectivity index (χ2n) is 7.30. The van der Waals surface area contributed by atoms with E-state index in [0.29, 0.717) is 0 Å². The van der Waals surface area contributed by atoms with Gasteiger partial charge >= 0.3 is 0 Å². The molecular formula is C25H24F2N2. The fourth-order valence-electron chi connectivity index (χ4n) is 3.80. The highest BCUT2D eigenvalue weighted by molar-refractivity contribution is 5.48. The molecule has 0 radical (unpaired) electrons. The summed E-state index contributed by atoms with van der Waals surface area (Å²) in [6, 6.07) is 23.5. The molecule has 1 aliphatic heterocycles. The fraction of sp³-hybridized carbons (Fsp3) is 0.200. The van der Waals surface area contributed by atoms with Gasteiger partial charge in [-0.1, -0.05) is 54.6 Å². The molecular weight excluding hydrogens is 366 g/mol. The van der Waals surface area contributed by atoms with Crippen LogP contribution in [0.5, 0.6) is 0 Å². The zero-order valence-electron chi connectivity index (χ0n) is 16.2. The van der Waals surface area contributed by atoms with Gasteiger partial charge in [0.05, 0.1) is 6.04 Å². The molecule has 3 aromatic carbocycles. The van der Waals surface area contributed by atoms with Crippen molar-refractivity contribution in [2.24, 2.45) is 0 Å². The number of rotatable bonds is 5. The minimum Gasteiger partial charge on any atom is -0.375 e. The molecule has 1 saturated heterocycles. The van der Waals surface area contributed by atoms with Crippen molar-refractivity contribution >= 4 is 6.08 Å². The van der Waals surface area contributed by atoms with Gasteiger partial charge in [0.15, 0.2) is 0 Å². The predicted molar refractivity (Wildman–Crippen MR) is 113 cm³/mol. The molecule has 0 atom stereocenters. The molecule has 4 rings (SSSR count). The van der Waals surface area contributed by atoms with Crippen LogP contribution in [-0.2, 0) is 0 Å². The first-order valence-electron chi connectivity index (χ1n) is 9.91. The summed E-state index contributed by atoms with van der Waals surface area (Å²) in [4.78, 5) is 4.70. The summed E-state index contributed by atoms with van der Waals surface area (Å²) >= 11 is 0. The first-order valence-corrected chi connectivity index (χ1v) is 9.91. The van der Waals surface area contributed by atoms with E-state index < -0.39 is 0 Å². The lowest BCUT2D eigenvalue weighted by atomic mass is 9.96. The summed E-state index contributed by atoms with van der Waals surface area (Å²) < 4.78 is 26.9. The van der Waals surface area contributed by atoms with Crippen molar-refractivity contribution in [3.8, 4) is 0 Å². The van der Waals surface area contributed by atoms with E-state index in [1.807, 2.05) is 42.5 Å². The van der Waals surface area contributed by atoms with Gasteiger partial charge in [-0.25, -0.2) is 8.78 Å². The Labute approximate surface area is 170 Å². The van der Waals surface area contributed by atoms with Crippen molar-refractivity contribution in [1.82, 2.24) is 9.80 Å². The van der Waals surface area contributed by atoms with Crippen LogP contribution in [0.2, 0.25) is 0 Å². The lowest BCUT2D eigenvalue weighted by molar-refractivity contribution is 0.139. The van der Waals surface area contributed by atoms with Gasteiger partial charge in [0.2, 0.25) is 0 Å². The van der Waals surface area contributed by atoms with E-state index in [4.69, 9.17) is 0 Å². The van der Waals surface area contributed by atoms with Crippen LogP contribution in [0.25, 0.3) is 6.08 Å². The molecule has 0 unspecified atom stereocenters. The van der Waals surface area contributed by atoms with Crippen LogP contribution in [-0.4, -0.2) is 36.0 Å². The Kier molecular flexibility index (Phi) is 6.01. The number of nitrogens with zero attached hydrogens (tertiary/aromatic N) is 2. The summed E-state index contributed by atoms with van der Waals surface area (Å²) in [6.45, 7) is 3.56. The molecule has 1 fully saturated rings. The Hall–Kier alpha value is -2.98. The third kappa shape index (κ3) is 4.90. The monoisotopic (exact) mass is 390 g/mol. The maximum atomic E-state index is 13.4. The number of benzene rings is 3. The second kappa shape index (κ2) is 9.01. The zero-order valence-corrected chi connectivity index (χ0v) is 16.2. The lowest BCUT2D eigenvalue weighted by Crippen LogP contribution is -2.45. The van der Waals surface area contributed by atoms with Gasteiger partial charge in [-0.3, -0.25) is 4.90 Å². The SMILES string of the molecule is Fc1ccc(C(c2ccc(F)cc2)N2CCN(/C=C/c3ccccc3)CC2)cc1. The topological polar surface area (TPSA) is 6.48 Å². The molecule has 29 heavy (non-hydrogen) atoms. The predicted octanol–water partition coefficient (Wildman–Crippen LogP) is 5.34. The molecule has 2 nitrogen and oxygen atoms in total. The van der Waals surface area contributed by atoms with E-state index in [0.717, 1.165) is 37.3 Å². The van der Waals surface area contributed by atoms with E-state index >= 15 is 0 Å². The maximum Gasteiger partial charge on any atom is 0.123 e. The second-order valence-corrected chi connectivity index (χ2v) is 7.30. The van der Waals surface area contributed by atoms with Gasteiger partial charge < -0.3 is 4.90 Å². The summed E-state index contributed by atoms with van der Waals surface area (Å²) in [7, 11) is 0. The number of hydrogen-bond acceptors (Lipinski definition) is 2. The Morgan fingerprint density at radius 1 is 0.655 bits per heavy atom. The smallest absolute Gasteiger partial charge is 0.123 e. The Balaban J connectivity index is 1.49. The normalized spacial score (nSPS) is 15.3. The van der Waals surface area contributed by atoms with Gasteiger partial charge in [0, 0.05) is 26.2 Å². The number of hydrogen-bond donors (Lipinski definition) is 0.